The summed E-state index contributed by atoms with van der Waals surface area (Å²) in [5, 5.41) is 8.65. The van der Waals surface area contributed by atoms with E-state index >= 15 is 0 Å². The van der Waals surface area contributed by atoms with Crippen LogP contribution in [0.25, 0.3) is 6.08 Å². The third-order valence-corrected chi connectivity index (χ3v) is 4.29. The molecule has 0 saturated carbocycles. The molecule has 0 aromatic heterocycles. The Bertz CT molecular complexity index is 542. The molecule has 1 aliphatic heterocycles. The summed E-state index contributed by atoms with van der Waals surface area (Å²) in [4.78, 5) is 12.9. The van der Waals surface area contributed by atoms with Crippen LogP contribution in [0.5, 0.6) is 0 Å². The largest absolute Gasteiger partial charge is 0.478 e. The first kappa shape index (κ1) is 15.7. The van der Waals surface area contributed by atoms with Crippen molar-refractivity contribution in [3.05, 3.63) is 41.2 Å². The lowest BCUT2D eigenvalue weighted by atomic mass is 9.91. The number of benzene rings is 1. The molecule has 4 heteroatoms. The van der Waals surface area contributed by atoms with E-state index in [1.165, 1.54) is 31.1 Å². The highest BCUT2D eigenvalue weighted by molar-refractivity contribution is 5.85. The predicted octanol–water partition coefficient (Wildman–Crippen LogP) is 3.54. The van der Waals surface area contributed by atoms with Gasteiger partial charge in [0.1, 0.15) is 5.82 Å². The standard InChI is InChI=1S/C17H22FNO2/c1-12-4-3-7-19(13(12)2)11-15-8-14(5-6-17(20)21)9-16(18)10-15/h5-6,8-10,12-13H,3-4,7,11H2,1-2H3,(H,20,21). The second kappa shape index (κ2) is 6.85. The molecule has 0 amide bonds. The third-order valence-electron chi connectivity index (χ3n) is 4.29. The first-order valence-corrected chi connectivity index (χ1v) is 7.40. The van der Waals surface area contributed by atoms with E-state index in [0.717, 1.165) is 18.2 Å². The van der Waals surface area contributed by atoms with Gasteiger partial charge in [-0.05, 0) is 61.6 Å². The minimum absolute atomic E-state index is 0.324. The van der Waals surface area contributed by atoms with Crippen molar-refractivity contribution in [1.82, 2.24) is 4.90 Å². The highest BCUT2D eigenvalue weighted by atomic mass is 19.1. The van der Waals surface area contributed by atoms with Crippen LogP contribution in [0.15, 0.2) is 24.3 Å². The molecule has 114 valence electrons. The van der Waals surface area contributed by atoms with Crippen molar-refractivity contribution in [3.63, 3.8) is 0 Å². The SMILES string of the molecule is CC1CCCN(Cc2cc(F)cc(C=CC(=O)O)c2)C1C. The fraction of sp³-hybridized carbons (Fsp3) is 0.471. The lowest BCUT2D eigenvalue weighted by Gasteiger charge is -2.38. The van der Waals surface area contributed by atoms with E-state index in [0.29, 0.717) is 24.1 Å². The molecule has 21 heavy (non-hydrogen) atoms. The number of piperidine rings is 1. The van der Waals surface area contributed by atoms with Crippen molar-refractivity contribution in [3.8, 4) is 0 Å². The van der Waals surface area contributed by atoms with Crippen LogP contribution in [0, 0.1) is 11.7 Å². The summed E-state index contributed by atoms with van der Waals surface area (Å²) < 4.78 is 13.7. The van der Waals surface area contributed by atoms with Gasteiger partial charge in [0.05, 0.1) is 0 Å². The van der Waals surface area contributed by atoms with Gasteiger partial charge in [-0.1, -0.05) is 13.0 Å². The van der Waals surface area contributed by atoms with Crippen molar-refractivity contribution in [2.24, 2.45) is 5.92 Å². The highest BCUT2D eigenvalue weighted by Crippen LogP contribution is 2.25. The predicted molar refractivity (Wildman–Crippen MR) is 81.3 cm³/mol. The summed E-state index contributed by atoms with van der Waals surface area (Å²) in [5.41, 5.74) is 1.48. The van der Waals surface area contributed by atoms with Crippen molar-refractivity contribution >= 4 is 12.0 Å². The number of carboxylic acid groups (broad SMARTS) is 1. The monoisotopic (exact) mass is 291 g/mol. The fourth-order valence-electron chi connectivity index (χ4n) is 2.91. The molecule has 2 unspecified atom stereocenters. The van der Waals surface area contributed by atoms with Crippen LogP contribution in [0.2, 0.25) is 0 Å². The number of likely N-dealkylation sites (tertiary alicyclic amines) is 1. The maximum absolute atomic E-state index is 13.7. The number of carboxylic acids is 1. The normalized spacial score (nSPS) is 23.6. The molecule has 2 rings (SSSR count). The number of aliphatic carboxylic acids is 1. The zero-order chi connectivity index (χ0) is 15.4. The molecule has 1 aromatic rings. The third kappa shape index (κ3) is 4.39. The summed E-state index contributed by atoms with van der Waals surface area (Å²) in [6.07, 6.45) is 4.88. The van der Waals surface area contributed by atoms with Gasteiger partial charge in [-0.25, -0.2) is 9.18 Å². The van der Waals surface area contributed by atoms with Crippen molar-refractivity contribution in [2.75, 3.05) is 6.54 Å². The Balaban J connectivity index is 2.14. The molecule has 1 fully saturated rings. The minimum Gasteiger partial charge on any atom is -0.478 e. The quantitative estimate of drug-likeness (QED) is 0.863. The summed E-state index contributed by atoms with van der Waals surface area (Å²) in [7, 11) is 0. The minimum atomic E-state index is -1.03. The first-order chi connectivity index (χ1) is 9.95. The van der Waals surface area contributed by atoms with Gasteiger partial charge >= 0.3 is 5.97 Å². The molecule has 1 aliphatic rings. The van der Waals surface area contributed by atoms with Gasteiger partial charge < -0.3 is 5.11 Å². The Morgan fingerprint density at radius 3 is 2.90 bits per heavy atom. The highest BCUT2D eigenvalue weighted by Gasteiger charge is 2.24. The molecule has 3 nitrogen and oxygen atoms in total. The molecule has 1 aromatic carbocycles. The van der Waals surface area contributed by atoms with Gasteiger partial charge in [0, 0.05) is 18.7 Å². The Hall–Kier alpha value is -1.68. The van der Waals surface area contributed by atoms with E-state index in [1.807, 2.05) is 6.07 Å². The second-order valence-electron chi connectivity index (χ2n) is 5.89. The average molecular weight is 291 g/mol. The number of halogens is 1. The van der Waals surface area contributed by atoms with Crippen LogP contribution >= 0.6 is 0 Å². The van der Waals surface area contributed by atoms with E-state index in [-0.39, 0.29) is 5.82 Å². The van der Waals surface area contributed by atoms with Gasteiger partial charge in [-0.2, -0.15) is 0 Å². The van der Waals surface area contributed by atoms with Gasteiger partial charge in [0.2, 0.25) is 0 Å². The average Bonchev–Trinajstić information content (AvgIpc) is 2.41. The lowest BCUT2D eigenvalue weighted by molar-refractivity contribution is -0.131. The maximum atomic E-state index is 13.7. The van der Waals surface area contributed by atoms with Gasteiger partial charge in [0.25, 0.3) is 0 Å². The molecule has 1 saturated heterocycles. The zero-order valence-corrected chi connectivity index (χ0v) is 12.6. The number of rotatable bonds is 4. The van der Waals surface area contributed by atoms with Gasteiger partial charge in [-0.3, -0.25) is 4.90 Å². The number of carbonyl (C=O) groups is 1. The molecule has 1 N–H and O–H groups in total. The Kier molecular flexibility index (Phi) is 5.12. The Morgan fingerprint density at radius 2 is 2.19 bits per heavy atom. The second-order valence-corrected chi connectivity index (χ2v) is 5.89. The molecule has 0 bridgehead atoms. The number of hydrogen-bond acceptors (Lipinski definition) is 2. The Morgan fingerprint density at radius 1 is 1.43 bits per heavy atom. The van der Waals surface area contributed by atoms with E-state index in [9.17, 15) is 9.18 Å². The van der Waals surface area contributed by atoms with Crippen molar-refractivity contribution in [1.29, 1.82) is 0 Å². The van der Waals surface area contributed by atoms with Crippen LogP contribution in [0.3, 0.4) is 0 Å². The van der Waals surface area contributed by atoms with Crippen LogP contribution in [-0.4, -0.2) is 28.6 Å². The van der Waals surface area contributed by atoms with Crippen molar-refractivity contribution in [2.45, 2.75) is 39.3 Å². The maximum Gasteiger partial charge on any atom is 0.328 e. The van der Waals surface area contributed by atoms with Gasteiger partial charge in [-0.15, -0.1) is 0 Å². The topological polar surface area (TPSA) is 40.5 Å². The zero-order valence-electron chi connectivity index (χ0n) is 12.6. The molecule has 0 aliphatic carbocycles. The number of nitrogens with zero attached hydrogens (tertiary/aromatic N) is 1. The summed E-state index contributed by atoms with van der Waals surface area (Å²) >= 11 is 0. The Labute approximate surface area is 125 Å². The van der Waals surface area contributed by atoms with Crippen LogP contribution in [0.4, 0.5) is 4.39 Å². The van der Waals surface area contributed by atoms with Gasteiger partial charge in [0.15, 0.2) is 0 Å². The molecule has 0 radical (unpaired) electrons. The molecular weight excluding hydrogens is 269 g/mol. The number of hydrogen-bond donors (Lipinski definition) is 1. The van der Waals surface area contributed by atoms with E-state index < -0.39 is 5.97 Å². The summed E-state index contributed by atoms with van der Waals surface area (Å²) in [6, 6.07) is 5.23. The van der Waals surface area contributed by atoms with E-state index in [4.69, 9.17) is 5.11 Å². The summed E-state index contributed by atoms with van der Waals surface area (Å²) in [5.74, 6) is -0.701. The smallest absolute Gasteiger partial charge is 0.328 e. The van der Waals surface area contributed by atoms with E-state index in [2.05, 4.69) is 18.7 Å². The van der Waals surface area contributed by atoms with Crippen LogP contribution in [-0.2, 0) is 11.3 Å². The van der Waals surface area contributed by atoms with Crippen molar-refractivity contribution < 1.29 is 14.3 Å². The lowest BCUT2D eigenvalue weighted by Crippen LogP contribution is -2.41. The molecular formula is C17H22FNO2. The van der Waals surface area contributed by atoms with E-state index in [1.54, 1.807) is 0 Å². The van der Waals surface area contributed by atoms with Crippen LogP contribution < -0.4 is 0 Å². The summed E-state index contributed by atoms with van der Waals surface area (Å²) in [6.45, 7) is 6.21. The first-order valence-electron chi connectivity index (χ1n) is 7.40. The van der Waals surface area contributed by atoms with Crippen LogP contribution in [0.1, 0.15) is 37.8 Å². The molecule has 0 spiro atoms. The molecule has 2 atom stereocenters. The molecule has 1 heterocycles. The fourth-order valence-corrected chi connectivity index (χ4v) is 2.91.